The van der Waals surface area contributed by atoms with Crippen LogP contribution in [0.5, 0.6) is 0 Å². The Bertz CT molecular complexity index is 812. The van der Waals surface area contributed by atoms with Gasteiger partial charge in [-0.3, -0.25) is 9.35 Å². The second-order valence-corrected chi connectivity index (χ2v) is 6.37. The number of hydrogen-bond acceptors (Lipinski definition) is 3. The molecule has 0 saturated carbocycles. The van der Waals surface area contributed by atoms with Crippen molar-refractivity contribution in [1.29, 1.82) is 0 Å². The Balaban J connectivity index is 0.00000242. The average molecular weight is 328 g/mol. The van der Waals surface area contributed by atoms with Gasteiger partial charge in [-0.1, -0.05) is 36.4 Å². The summed E-state index contributed by atoms with van der Waals surface area (Å²) in [7, 11) is -4.37. The molecule has 0 aliphatic rings. The van der Waals surface area contributed by atoms with Gasteiger partial charge in [-0.15, -0.1) is 0 Å². The molecule has 112 valence electrons. The third-order valence-electron chi connectivity index (χ3n) is 3.42. The molecule has 2 rings (SSSR count). The summed E-state index contributed by atoms with van der Waals surface area (Å²) < 4.78 is 32.5. The molecular weight excluding hydrogens is 311 g/mol. The predicted octanol–water partition coefficient (Wildman–Crippen LogP) is 2.44. The van der Waals surface area contributed by atoms with E-state index in [9.17, 15) is 17.8 Å². The van der Waals surface area contributed by atoms with Crippen molar-refractivity contribution in [1.82, 2.24) is 0 Å². The molecule has 0 heterocycles. The Morgan fingerprint density at radius 2 is 1.55 bits per heavy atom. The monoisotopic (exact) mass is 328 g/mol. The van der Waals surface area contributed by atoms with Crippen LogP contribution in [-0.2, 0) is 10.1 Å². The van der Waals surface area contributed by atoms with Crippen molar-refractivity contribution in [3.63, 3.8) is 0 Å². The molecule has 22 heavy (non-hydrogen) atoms. The molecule has 0 atom stereocenters. The van der Waals surface area contributed by atoms with Crippen LogP contribution in [-0.4, -0.2) is 48.3 Å². The molecular formula is C16H17NaO4S. The van der Waals surface area contributed by atoms with Crippen LogP contribution in [0.3, 0.4) is 0 Å². The minimum atomic E-state index is -4.37. The molecule has 0 aromatic heterocycles. The van der Waals surface area contributed by atoms with Crippen LogP contribution in [0.2, 0.25) is 0 Å². The summed E-state index contributed by atoms with van der Waals surface area (Å²) in [5, 5.41) is 0. The fourth-order valence-electron chi connectivity index (χ4n) is 2.65. The van der Waals surface area contributed by atoms with Gasteiger partial charge >= 0.3 is 29.6 Å². The first-order valence-electron chi connectivity index (χ1n) is 6.41. The first-order valence-corrected chi connectivity index (χ1v) is 7.85. The molecule has 6 heteroatoms. The van der Waals surface area contributed by atoms with E-state index in [1.54, 1.807) is 57.2 Å². The van der Waals surface area contributed by atoms with Crippen molar-refractivity contribution in [3.8, 4) is 0 Å². The second-order valence-electron chi connectivity index (χ2n) is 5.01. The Labute approximate surface area is 152 Å². The SMILES string of the molecule is Cc1cc(C)c(S(=O)(=O)O)c(C)c1C(=O)c1ccccc1.[NaH]. The summed E-state index contributed by atoms with van der Waals surface area (Å²) >= 11 is 0. The Hall–Kier alpha value is -0.980. The van der Waals surface area contributed by atoms with Gasteiger partial charge in [0, 0.05) is 11.1 Å². The van der Waals surface area contributed by atoms with Crippen LogP contribution >= 0.6 is 0 Å². The standard InChI is InChI=1S/C16H16O4S.Na.H/c1-10-9-11(2)16(21(18,19)20)12(3)14(10)15(17)13-7-5-4-6-8-13;;/h4-9H,1-3H3,(H,18,19,20);;. The first kappa shape index (κ1) is 19.1. The quantitative estimate of drug-likeness (QED) is 0.534. The normalized spacial score (nSPS) is 10.9. The van der Waals surface area contributed by atoms with Gasteiger partial charge in [0.15, 0.2) is 5.78 Å². The Kier molecular flexibility index (Phi) is 6.12. The number of benzene rings is 2. The van der Waals surface area contributed by atoms with Crippen molar-refractivity contribution in [2.75, 3.05) is 0 Å². The number of hydrogen-bond donors (Lipinski definition) is 1. The molecule has 2 aromatic carbocycles. The number of carbonyl (C=O) groups excluding carboxylic acids is 1. The van der Waals surface area contributed by atoms with E-state index in [0.717, 1.165) is 0 Å². The van der Waals surface area contributed by atoms with Gasteiger partial charge < -0.3 is 0 Å². The molecule has 0 bridgehead atoms. The van der Waals surface area contributed by atoms with E-state index in [2.05, 4.69) is 0 Å². The fraction of sp³-hybridized carbons (Fsp3) is 0.188. The molecule has 0 aliphatic heterocycles. The van der Waals surface area contributed by atoms with E-state index in [1.165, 1.54) is 0 Å². The van der Waals surface area contributed by atoms with E-state index in [-0.39, 0.29) is 45.8 Å². The molecule has 4 nitrogen and oxygen atoms in total. The third-order valence-corrected chi connectivity index (χ3v) is 4.57. The fourth-order valence-corrected chi connectivity index (χ4v) is 3.60. The van der Waals surface area contributed by atoms with Gasteiger partial charge in [0.05, 0.1) is 0 Å². The maximum absolute atomic E-state index is 12.6. The second kappa shape index (κ2) is 7.06. The molecule has 0 saturated heterocycles. The molecule has 1 N–H and O–H groups in total. The van der Waals surface area contributed by atoms with Crippen molar-refractivity contribution in [2.24, 2.45) is 0 Å². The number of carbonyl (C=O) groups is 1. The van der Waals surface area contributed by atoms with Crippen molar-refractivity contribution >= 4 is 45.5 Å². The van der Waals surface area contributed by atoms with E-state index in [4.69, 9.17) is 0 Å². The third kappa shape index (κ3) is 3.67. The van der Waals surface area contributed by atoms with Crippen molar-refractivity contribution < 1.29 is 17.8 Å². The van der Waals surface area contributed by atoms with Crippen LogP contribution in [0.15, 0.2) is 41.3 Å². The molecule has 0 amide bonds. The van der Waals surface area contributed by atoms with Gasteiger partial charge in [-0.2, -0.15) is 8.42 Å². The topological polar surface area (TPSA) is 71.4 Å². The molecule has 0 fully saturated rings. The zero-order valence-corrected chi connectivity index (χ0v) is 12.9. The summed E-state index contributed by atoms with van der Waals surface area (Å²) in [5.74, 6) is -0.254. The molecule has 0 unspecified atom stereocenters. The van der Waals surface area contributed by atoms with Gasteiger partial charge in [-0.25, -0.2) is 0 Å². The van der Waals surface area contributed by atoms with Crippen molar-refractivity contribution in [3.05, 3.63) is 64.2 Å². The van der Waals surface area contributed by atoms with Crippen LogP contribution in [0.4, 0.5) is 0 Å². The van der Waals surface area contributed by atoms with Gasteiger partial charge in [0.1, 0.15) is 4.90 Å². The van der Waals surface area contributed by atoms with Crippen molar-refractivity contribution in [2.45, 2.75) is 25.7 Å². The van der Waals surface area contributed by atoms with Crippen LogP contribution < -0.4 is 0 Å². The number of ketones is 1. The minimum absolute atomic E-state index is 0. The molecule has 2 aromatic rings. The molecule has 0 spiro atoms. The zero-order chi connectivity index (χ0) is 15.8. The summed E-state index contributed by atoms with van der Waals surface area (Å²) in [4.78, 5) is 12.4. The van der Waals surface area contributed by atoms with Gasteiger partial charge in [0.2, 0.25) is 0 Å². The Morgan fingerprint density at radius 1 is 1.00 bits per heavy atom. The molecule has 0 radical (unpaired) electrons. The molecule has 0 aliphatic carbocycles. The van der Waals surface area contributed by atoms with Gasteiger partial charge in [-0.05, 0) is 37.5 Å². The summed E-state index contributed by atoms with van der Waals surface area (Å²) in [6.07, 6.45) is 0. The Morgan fingerprint density at radius 3 is 2.05 bits per heavy atom. The maximum atomic E-state index is 12.6. The summed E-state index contributed by atoms with van der Waals surface area (Å²) in [6.45, 7) is 4.89. The first-order chi connectivity index (χ1) is 9.73. The summed E-state index contributed by atoms with van der Waals surface area (Å²) in [5.41, 5.74) is 2.19. The van der Waals surface area contributed by atoms with Crippen LogP contribution in [0.25, 0.3) is 0 Å². The van der Waals surface area contributed by atoms with Crippen LogP contribution in [0.1, 0.15) is 32.6 Å². The average Bonchev–Trinajstić information content (AvgIpc) is 2.37. The van der Waals surface area contributed by atoms with E-state index >= 15 is 0 Å². The zero-order valence-electron chi connectivity index (χ0n) is 12.0. The van der Waals surface area contributed by atoms with E-state index < -0.39 is 10.1 Å². The van der Waals surface area contributed by atoms with Gasteiger partial charge in [0.25, 0.3) is 10.1 Å². The van der Waals surface area contributed by atoms with E-state index in [1.807, 2.05) is 0 Å². The number of aryl methyl sites for hydroxylation is 2. The van der Waals surface area contributed by atoms with E-state index in [0.29, 0.717) is 22.3 Å². The number of rotatable bonds is 3. The predicted molar refractivity (Wildman–Crippen MR) is 87.5 cm³/mol. The summed E-state index contributed by atoms with van der Waals surface area (Å²) in [6, 6.07) is 10.2. The van der Waals surface area contributed by atoms with Crippen LogP contribution in [0, 0.1) is 20.8 Å².